The second kappa shape index (κ2) is 9.69. The van der Waals surface area contributed by atoms with Crippen molar-refractivity contribution in [3.8, 4) is 11.5 Å². The van der Waals surface area contributed by atoms with Gasteiger partial charge in [-0.05, 0) is 62.1 Å². The van der Waals surface area contributed by atoms with Gasteiger partial charge in [-0.2, -0.15) is 4.31 Å². The summed E-state index contributed by atoms with van der Waals surface area (Å²) in [5.41, 5.74) is 0.959. The number of carbonyl (C=O) groups excluding carboxylic acids is 1. The molecule has 7 nitrogen and oxygen atoms in total. The fourth-order valence-electron chi connectivity index (χ4n) is 4.78. The zero-order valence-electron chi connectivity index (χ0n) is 18.9. The van der Waals surface area contributed by atoms with Crippen LogP contribution in [0.3, 0.4) is 0 Å². The Morgan fingerprint density at radius 2 is 1.67 bits per heavy atom. The van der Waals surface area contributed by atoms with Crippen molar-refractivity contribution in [2.24, 2.45) is 5.92 Å². The molecule has 33 heavy (non-hydrogen) atoms. The topological polar surface area (TPSA) is 76.2 Å². The molecule has 2 fully saturated rings. The van der Waals surface area contributed by atoms with E-state index in [0.717, 1.165) is 30.5 Å². The fourth-order valence-corrected chi connectivity index (χ4v) is 6.25. The average molecular weight is 477 g/mol. The largest absolute Gasteiger partial charge is 0.497 e. The third-order valence-electron chi connectivity index (χ3n) is 6.59. The molecule has 2 saturated heterocycles. The van der Waals surface area contributed by atoms with Crippen LogP contribution in [0.5, 0.6) is 11.5 Å². The van der Waals surface area contributed by atoms with Gasteiger partial charge in [0.2, 0.25) is 15.9 Å². The molecule has 2 aromatic rings. The maximum atomic E-state index is 13.4. The highest BCUT2D eigenvalue weighted by Gasteiger charge is 2.38. The van der Waals surface area contributed by atoms with Crippen molar-refractivity contribution in [3.63, 3.8) is 0 Å². The van der Waals surface area contributed by atoms with Crippen LogP contribution in [0.15, 0.2) is 47.4 Å². The molecule has 2 aliphatic rings. The van der Waals surface area contributed by atoms with Crippen molar-refractivity contribution in [2.45, 2.75) is 36.6 Å². The summed E-state index contributed by atoms with van der Waals surface area (Å²) in [5, 5.41) is 0. The van der Waals surface area contributed by atoms with Crippen LogP contribution in [0.4, 0.5) is 4.39 Å². The lowest BCUT2D eigenvalue weighted by atomic mass is 9.95. The standard InChI is InChI=1S/C24H29FN2O5S/c1-31-19-7-10-21(23(16-19)32-2)22-4-3-13-27(22)24(28)17-11-14-26(15-12-17)33(29,30)20-8-5-18(25)6-9-20/h5-10,16-17,22H,3-4,11-15H2,1-2H3/t22-/m1/s1. The van der Waals surface area contributed by atoms with Crippen LogP contribution >= 0.6 is 0 Å². The number of carbonyl (C=O) groups is 1. The maximum Gasteiger partial charge on any atom is 0.243 e. The molecule has 4 rings (SSSR count). The van der Waals surface area contributed by atoms with E-state index >= 15 is 0 Å². The van der Waals surface area contributed by atoms with Crippen molar-refractivity contribution in [1.29, 1.82) is 0 Å². The Labute approximate surface area is 194 Å². The highest BCUT2D eigenvalue weighted by molar-refractivity contribution is 7.89. The zero-order chi connectivity index (χ0) is 23.6. The molecule has 2 aliphatic heterocycles. The second-order valence-corrected chi connectivity index (χ2v) is 10.4. The lowest BCUT2D eigenvalue weighted by Crippen LogP contribution is -2.44. The molecule has 0 spiro atoms. The predicted molar refractivity (Wildman–Crippen MR) is 121 cm³/mol. The van der Waals surface area contributed by atoms with E-state index in [9.17, 15) is 17.6 Å². The number of methoxy groups -OCH3 is 2. The summed E-state index contributed by atoms with van der Waals surface area (Å²) < 4.78 is 51.2. The molecule has 0 unspecified atom stereocenters. The molecule has 2 heterocycles. The minimum atomic E-state index is -3.70. The third-order valence-corrected chi connectivity index (χ3v) is 8.50. The molecule has 2 aromatic carbocycles. The van der Waals surface area contributed by atoms with Gasteiger partial charge in [0.05, 0.1) is 25.2 Å². The molecule has 1 amide bonds. The number of hydrogen-bond acceptors (Lipinski definition) is 5. The number of benzene rings is 2. The molecule has 1 atom stereocenters. The van der Waals surface area contributed by atoms with Gasteiger partial charge < -0.3 is 14.4 Å². The number of halogens is 1. The molecule has 0 bridgehead atoms. The Kier molecular flexibility index (Phi) is 6.90. The lowest BCUT2D eigenvalue weighted by molar-refractivity contribution is -0.137. The smallest absolute Gasteiger partial charge is 0.243 e. The minimum Gasteiger partial charge on any atom is -0.497 e. The average Bonchev–Trinajstić information content (AvgIpc) is 3.33. The van der Waals surface area contributed by atoms with Gasteiger partial charge in [-0.15, -0.1) is 0 Å². The Hall–Kier alpha value is -2.65. The Morgan fingerprint density at radius 1 is 0.970 bits per heavy atom. The van der Waals surface area contributed by atoms with E-state index in [0.29, 0.717) is 30.9 Å². The van der Waals surface area contributed by atoms with Gasteiger partial charge in [0.1, 0.15) is 17.3 Å². The number of nitrogens with zero attached hydrogens (tertiary/aromatic N) is 2. The van der Waals surface area contributed by atoms with Gasteiger partial charge in [-0.25, -0.2) is 12.8 Å². The van der Waals surface area contributed by atoms with Gasteiger partial charge in [0.15, 0.2) is 0 Å². The first-order valence-electron chi connectivity index (χ1n) is 11.1. The quantitative estimate of drug-likeness (QED) is 0.637. The Balaban J connectivity index is 1.45. The van der Waals surface area contributed by atoms with Crippen LogP contribution in [0.1, 0.15) is 37.3 Å². The molecule has 0 aromatic heterocycles. The normalized spacial score (nSPS) is 20.1. The molecule has 0 N–H and O–H groups in total. The van der Waals surface area contributed by atoms with E-state index in [2.05, 4.69) is 0 Å². The predicted octanol–water partition coefficient (Wildman–Crippen LogP) is 3.61. The maximum absolute atomic E-state index is 13.4. The summed E-state index contributed by atoms with van der Waals surface area (Å²) in [7, 11) is -0.495. The SMILES string of the molecule is COc1ccc([C@H]2CCCN2C(=O)C2CCN(S(=O)(=O)c3ccc(F)cc3)CC2)c(OC)c1. The van der Waals surface area contributed by atoms with Crippen LogP contribution < -0.4 is 9.47 Å². The third kappa shape index (κ3) is 4.70. The molecule has 0 saturated carbocycles. The first kappa shape index (κ1) is 23.5. The monoisotopic (exact) mass is 476 g/mol. The molecule has 9 heteroatoms. The van der Waals surface area contributed by atoms with Gasteiger partial charge in [-0.3, -0.25) is 4.79 Å². The summed E-state index contributed by atoms with van der Waals surface area (Å²) in [6, 6.07) is 10.4. The minimum absolute atomic E-state index is 0.0641. The van der Waals surface area contributed by atoms with Crippen LogP contribution in [0, 0.1) is 11.7 Å². The van der Waals surface area contributed by atoms with E-state index in [1.165, 1.54) is 16.4 Å². The number of likely N-dealkylation sites (tertiary alicyclic amines) is 1. The highest BCUT2D eigenvalue weighted by atomic mass is 32.2. The molecular weight excluding hydrogens is 447 g/mol. The first-order chi connectivity index (χ1) is 15.8. The van der Waals surface area contributed by atoms with E-state index in [-0.39, 0.29) is 35.9 Å². The van der Waals surface area contributed by atoms with E-state index < -0.39 is 15.8 Å². The number of amides is 1. The zero-order valence-corrected chi connectivity index (χ0v) is 19.7. The van der Waals surface area contributed by atoms with Gasteiger partial charge in [0.25, 0.3) is 0 Å². The van der Waals surface area contributed by atoms with Gasteiger partial charge >= 0.3 is 0 Å². The van der Waals surface area contributed by atoms with Gasteiger partial charge in [-0.1, -0.05) is 0 Å². The van der Waals surface area contributed by atoms with Crippen molar-refractivity contribution in [2.75, 3.05) is 33.9 Å². The Bertz CT molecular complexity index is 1100. The number of ether oxygens (including phenoxy) is 2. The summed E-state index contributed by atoms with van der Waals surface area (Å²) in [4.78, 5) is 15.4. The Morgan fingerprint density at radius 3 is 2.30 bits per heavy atom. The van der Waals surface area contributed by atoms with Gasteiger partial charge in [0, 0.05) is 37.2 Å². The number of hydrogen-bond donors (Lipinski definition) is 0. The van der Waals surface area contributed by atoms with Crippen molar-refractivity contribution >= 4 is 15.9 Å². The van der Waals surface area contributed by atoms with Crippen molar-refractivity contribution in [1.82, 2.24) is 9.21 Å². The fraction of sp³-hybridized carbons (Fsp3) is 0.458. The summed E-state index contributed by atoms with van der Waals surface area (Å²) in [5.74, 6) is 0.746. The van der Waals surface area contributed by atoms with Crippen LogP contribution in [-0.2, 0) is 14.8 Å². The molecule has 178 valence electrons. The van der Waals surface area contributed by atoms with Crippen LogP contribution in [0.2, 0.25) is 0 Å². The molecule has 0 aliphatic carbocycles. The highest BCUT2D eigenvalue weighted by Crippen LogP contribution is 2.40. The lowest BCUT2D eigenvalue weighted by Gasteiger charge is -2.34. The molecule has 0 radical (unpaired) electrons. The van der Waals surface area contributed by atoms with E-state index in [4.69, 9.17) is 9.47 Å². The van der Waals surface area contributed by atoms with Crippen molar-refractivity contribution < 1.29 is 27.1 Å². The number of rotatable bonds is 6. The molecular formula is C24H29FN2O5S. The second-order valence-electron chi connectivity index (χ2n) is 8.43. The van der Waals surface area contributed by atoms with Crippen molar-refractivity contribution in [3.05, 3.63) is 53.8 Å². The van der Waals surface area contributed by atoms with E-state index in [1.54, 1.807) is 14.2 Å². The van der Waals surface area contributed by atoms with Crippen LogP contribution in [-0.4, -0.2) is 57.4 Å². The number of sulfonamides is 1. The summed E-state index contributed by atoms with van der Waals surface area (Å²) in [6.07, 6.45) is 2.68. The van der Waals surface area contributed by atoms with Crippen LogP contribution in [0.25, 0.3) is 0 Å². The first-order valence-corrected chi connectivity index (χ1v) is 12.6. The summed E-state index contributed by atoms with van der Waals surface area (Å²) in [6.45, 7) is 1.20. The number of piperidine rings is 1. The van der Waals surface area contributed by atoms with E-state index in [1.807, 2.05) is 23.1 Å². The summed E-state index contributed by atoms with van der Waals surface area (Å²) >= 11 is 0.